The van der Waals surface area contributed by atoms with E-state index in [9.17, 15) is 17.6 Å². The molecule has 1 aromatic carbocycles. The van der Waals surface area contributed by atoms with Crippen LogP contribution in [0.15, 0.2) is 18.2 Å². The third-order valence-corrected chi connectivity index (χ3v) is 3.82. The average Bonchev–Trinajstić information content (AvgIpc) is 2.21. The number of benzene rings is 1. The van der Waals surface area contributed by atoms with Crippen LogP contribution in [-0.4, -0.2) is 32.3 Å². The van der Waals surface area contributed by atoms with E-state index in [4.69, 9.17) is 5.73 Å². The van der Waals surface area contributed by atoms with Crippen LogP contribution < -0.4 is 5.73 Å². The van der Waals surface area contributed by atoms with Crippen LogP contribution in [0.1, 0.15) is 15.9 Å². The number of carbonyl (C=O) groups excluding carboxylic acids is 1. The maximum absolute atomic E-state index is 13.0. The van der Waals surface area contributed by atoms with Gasteiger partial charge in [-0.15, -0.1) is 0 Å². The lowest BCUT2D eigenvalue weighted by Gasteiger charge is -2.04. The molecule has 0 atom stereocenters. The molecule has 4 nitrogen and oxygen atoms in total. The second-order valence-electron chi connectivity index (χ2n) is 3.77. The molecule has 0 aromatic heterocycles. The number of hydrogen-bond acceptors (Lipinski definition) is 4. The van der Waals surface area contributed by atoms with Crippen molar-refractivity contribution in [1.29, 1.82) is 0 Å². The van der Waals surface area contributed by atoms with Gasteiger partial charge in [-0.25, -0.2) is 12.8 Å². The second kappa shape index (κ2) is 5.37. The van der Waals surface area contributed by atoms with Crippen LogP contribution in [0.5, 0.6) is 0 Å². The van der Waals surface area contributed by atoms with E-state index in [1.165, 1.54) is 19.1 Å². The van der Waals surface area contributed by atoms with Gasteiger partial charge in [-0.1, -0.05) is 0 Å². The van der Waals surface area contributed by atoms with Crippen molar-refractivity contribution in [3.8, 4) is 0 Å². The zero-order chi connectivity index (χ0) is 13.1. The highest BCUT2D eigenvalue weighted by Crippen LogP contribution is 2.10. The SMILES string of the molecule is Cc1cc(C(=O)CS(=O)(=O)CCN)ccc1F. The number of rotatable bonds is 5. The van der Waals surface area contributed by atoms with Gasteiger partial charge >= 0.3 is 0 Å². The van der Waals surface area contributed by atoms with E-state index in [-0.39, 0.29) is 17.9 Å². The summed E-state index contributed by atoms with van der Waals surface area (Å²) in [5.41, 5.74) is 5.64. The summed E-state index contributed by atoms with van der Waals surface area (Å²) >= 11 is 0. The van der Waals surface area contributed by atoms with Gasteiger partial charge in [0.2, 0.25) is 0 Å². The quantitative estimate of drug-likeness (QED) is 0.789. The first-order valence-corrected chi connectivity index (χ1v) is 6.87. The minimum atomic E-state index is -3.47. The molecular formula is C11H14FNO3S. The largest absolute Gasteiger partial charge is 0.329 e. The third-order valence-electron chi connectivity index (χ3n) is 2.26. The van der Waals surface area contributed by atoms with Crippen LogP contribution in [0.2, 0.25) is 0 Å². The zero-order valence-electron chi connectivity index (χ0n) is 9.44. The van der Waals surface area contributed by atoms with E-state index in [2.05, 4.69) is 0 Å². The van der Waals surface area contributed by atoms with Crippen molar-refractivity contribution in [2.24, 2.45) is 5.73 Å². The van der Waals surface area contributed by atoms with Gasteiger partial charge in [-0.05, 0) is 30.7 Å². The summed E-state index contributed by atoms with van der Waals surface area (Å²) in [6, 6.07) is 3.77. The Hall–Kier alpha value is -1.27. The van der Waals surface area contributed by atoms with E-state index in [0.29, 0.717) is 5.56 Å². The Kier molecular flexibility index (Phi) is 4.36. The average molecular weight is 259 g/mol. The predicted molar refractivity (Wildman–Crippen MR) is 63.2 cm³/mol. The molecular weight excluding hydrogens is 245 g/mol. The monoisotopic (exact) mass is 259 g/mol. The lowest BCUT2D eigenvalue weighted by Crippen LogP contribution is -2.23. The maximum atomic E-state index is 13.0. The minimum Gasteiger partial charge on any atom is -0.329 e. The van der Waals surface area contributed by atoms with Crippen LogP contribution in [0.3, 0.4) is 0 Å². The van der Waals surface area contributed by atoms with E-state index < -0.39 is 27.2 Å². The molecule has 0 saturated carbocycles. The molecule has 94 valence electrons. The number of Topliss-reactive ketones (excluding diaryl/α,β-unsaturated/α-hetero) is 1. The Balaban J connectivity index is 2.87. The van der Waals surface area contributed by atoms with Crippen molar-refractivity contribution in [1.82, 2.24) is 0 Å². The lowest BCUT2D eigenvalue weighted by atomic mass is 10.1. The van der Waals surface area contributed by atoms with Crippen LogP contribution in [0.4, 0.5) is 4.39 Å². The summed E-state index contributed by atoms with van der Waals surface area (Å²) in [6.45, 7) is 1.50. The first-order valence-electron chi connectivity index (χ1n) is 5.05. The van der Waals surface area contributed by atoms with Crippen molar-refractivity contribution in [3.63, 3.8) is 0 Å². The van der Waals surface area contributed by atoms with Crippen LogP contribution >= 0.6 is 0 Å². The van der Waals surface area contributed by atoms with E-state index in [0.717, 1.165) is 6.07 Å². The number of hydrogen-bond donors (Lipinski definition) is 1. The highest BCUT2D eigenvalue weighted by Gasteiger charge is 2.17. The fraction of sp³-hybridized carbons (Fsp3) is 0.364. The number of aryl methyl sites for hydroxylation is 1. The Morgan fingerprint density at radius 2 is 2.06 bits per heavy atom. The summed E-state index contributed by atoms with van der Waals surface area (Å²) in [5.74, 6) is -1.78. The Morgan fingerprint density at radius 3 is 2.59 bits per heavy atom. The molecule has 1 aromatic rings. The number of halogens is 1. The molecule has 0 spiro atoms. The van der Waals surface area contributed by atoms with Gasteiger partial charge in [0, 0.05) is 12.1 Å². The van der Waals surface area contributed by atoms with Gasteiger partial charge in [0.25, 0.3) is 0 Å². The number of ketones is 1. The summed E-state index contributed by atoms with van der Waals surface area (Å²) in [4.78, 5) is 11.7. The van der Waals surface area contributed by atoms with Gasteiger partial charge in [0.05, 0.1) is 5.75 Å². The maximum Gasteiger partial charge on any atom is 0.177 e. The smallest absolute Gasteiger partial charge is 0.177 e. The van der Waals surface area contributed by atoms with Crippen molar-refractivity contribution < 1.29 is 17.6 Å². The second-order valence-corrected chi connectivity index (χ2v) is 5.95. The molecule has 17 heavy (non-hydrogen) atoms. The molecule has 0 aliphatic heterocycles. The molecule has 0 fully saturated rings. The first-order chi connectivity index (χ1) is 7.85. The topological polar surface area (TPSA) is 77.2 Å². The van der Waals surface area contributed by atoms with Crippen molar-refractivity contribution >= 4 is 15.6 Å². The number of carbonyl (C=O) groups is 1. The summed E-state index contributed by atoms with van der Waals surface area (Å²) in [5, 5.41) is 0. The van der Waals surface area contributed by atoms with Gasteiger partial charge in [0.1, 0.15) is 11.6 Å². The molecule has 0 saturated heterocycles. The van der Waals surface area contributed by atoms with E-state index >= 15 is 0 Å². The molecule has 1 rings (SSSR count). The van der Waals surface area contributed by atoms with E-state index in [1.807, 2.05) is 0 Å². The van der Waals surface area contributed by atoms with Crippen molar-refractivity contribution in [2.45, 2.75) is 6.92 Å². The fourth-order valence-electron chi connectivity index (χ4n) is 1.35. The van der Waals surface area contributed by atoms with Crippen LogP contribution in [0.25, 0.3) is 0 Å². The van der Waals surface area contributed by atoms with Gasteiger partial charge in [0.15, 0.2) is 15.6 Å². The number of sulfone groups is 1. The van der Waals surface area contributed by atoms with Crippen LogP contribution in [-0.2, 0) is 9.84 Å². The number of nitrogens with two attached hydrogens (primary N) is 1. The lowest BCUT2D eigenvalue weighted by molar-refractivity contribution is 0.102. The van der Waals surface area contributed by atoms with Crippen molar-refractivity contribution in [2.75, 3.05) is 18.1 Å². The molecule has 0 radical (unpaired) electrons. The Bertz CT molecular complexity index is 526. The van der Waals surface area contributed by atoms with Crippen LogP contribution in [0, 0.1) is 12.7 Å². The minimum absolute atomic E-state index is 0.0158. The predicted octanol–water partition coefficient (Wildman–Crippen LogP) is 0.690. The molecule has 0 unspecified atom stereocenters. The summed E-state index contributed by atoms with van der Waals surface area (Å²) in [7, 11) is -3.47. The van der Waals surface area contributed by atoms with Crippen molar-refractivity contribution in [3.05, 3.63) is 35.1 Å². The van der Waals surface area contributed by atoms with Gasteiger partial charge < -0.3 is 5.73 Å². The normalized spacial score (nSPS) is 11.5. The summed E-state index contributed by atoms with van der Waals surface area (Å²) < 4.78 is 35.8. The molecule has 2 N–H and O–H groups in total. The Morgan fingerprint density at radius 1 is 1.41 bits per heavy atom. The molecule has 0 amide bonds. The van der Waals surface area contributed by atoms with E-state index in [1.54, 1.807) is 0 Å². The zero-order valence-corrected chi connectivity index (χ0v) is 10.3. The first kappa shape index (κ1) is 13.8. The highest BCUT2D eigenvalue weighted by atomic mass is 32.2. The highest BCUT2D eigenvalue weighted by molar-refractivity contribution is 7.92. The molecule has 0 bridgehead atoms. The summed E-state index contributed by atoms with van der Waals surface area (Å²) in [6.07, 6.45) is 0. The van der Waals surface area contributed by atoms with Gasteiger partial charge in [-0.3, -0.25) is 4.79 Å². The van der Waals surface area contributed by atoms with Gasteiger partial charge in [-0.2, -0.15) is 0 Å². The molecule has 0 heterocycles. The molecule has 6 heteroatoms. The fourth-order valence-corrected chi connectivity index (χ4v) is 2.42. The molecule has 0 aliphatic rings. The third kappa shape index (κ3) is 3.90. The molecule has 0 aliphatic carbocycles. The standard InChI is InChI=1S/C11H14FNO3S/c1-8-6-9(2-3-10(8)12)11(14)7-17(15,16)5-4-13/h2-3,6H,4-5,7,13H2,1H3. The Labute approximate surface area is 99.5 Å².